The summed E-state index contributed by atoms with van der Waals surface area (Å²) < 4.78 is 10.1. The van der Waals surface area contributed by atoms with Gasteiger partial charge in [-0.05, 0) is 24.3 Å². The van der Waals surface area contributed by atoms with Crippen molar-refractivity contribution in [2.24, 2.45) is 0 Å². The van der Waals surface area contributed by atoms with E-state index in [0.29, 0.717) is 28.6 Å². The first kappa shape index (κ1) is 13.7. The summed E-state index contributed by atoms with van der Waals surface area (Å²) in [6, 6.07) is 8.24. The Bertz CT molecular complexity index is 612. The highest BCUT2D eigenvalue weighted by Crippen LogP contribution is 2.22. The highest BCUT2D eigenvalue weighted by atomic mass is 16.5. The fourth-order valence-electron chi connectivity index (χ4n) is 1.68. The number of ether oxygens (including phenoxy) is 2. The average Bonchev–Trinajstić information content (AvgIpc) is 2.48. The molecular formula is C14H15N3O3. The van der Waals surface area contributed by atoms with Crippen LogP contribution in [0.1, 0.15) is 10.4 Å². The molecule has 0 fully saturated rings. The zero-order chi connectivity index (χ0) is 14.5. The minimum atomic E-state index is -0.318. The third-order valence-electron chi connectivity index (χ3n) is 2.67. The van der Waals surface area contributed by atoms with Crippen LogP contribution in [-0.4, -0.2) is 25.1 Å². The molecule has 2 rings (SSSR count). The van der Waals surface area contributed by atoms with Gasteiger partial charge in [0.1, 0.15) is 5.75 Å². The summed E-state index contributed by atoms with van der Waals surface area (Å²) in [5.41, 5.74) is 7.10. The number of hydrogen-bond acceptors (Lipinski definition) is 5. The molecule has 0 saturated carbocycles. The van der Waals surface area contributed by atoms with Gasteiger partial charge < -0.3 is 20.5 Å². The molecule has 0 aliphatic heterocycles. The van der Waals surface area contributed by atoms with E-state index in [1.807, 2.05) is 0 Å². The van der Waals surface area contributed by atoms with Gasteiger partial charge in [0, 0.05) is 11.8 Å². The number of methoxy groups -OCH3 is 2. The van der Waals surface area contributed by atoms with Crippen molar-refractivity contribution in [3.8, 4) is 11.6 Å². The summed E-state index contributed by atoms with van der Waals surface area (Å²) in [5.74, 6) is 0.615. The lowest BCUT2D eigenvalue weighted by molar-refractivity contribution is 0.102. The maximum absolute atomic E-state index is 12.2. The normalized spacial score (nSPS) is 9.90. The summed E-state index contributed by atoms with van der Waals surface area (Å²) in [4.78, 5) is 16.2. The third-order valence-corrected chi connectivity index (χ3v) is 2.67. The van der Waals surface area contributed by atoms with Crippen LogP contribution >= 0.6 is 0 Å². The Morgan fingerprint density at radius 1 is 1.20 bits per heavy atom. The van der Waals surface area contributed by atoms with Gasteiger partial charge >= 0.3 is 0 Å². The van der Waals surface area contributed by atoms with Crippen molar-refractivity contribution in [1.29, 1.82) is 0 Å². The number of aromatic nitrogens is 1. The second-order valence-corrected chi connectivity index (χ2v) is 4.00. The Hall–Kier alpha value is -2.76. The van der Waals surface area contributed by atoms with E-state index >= 15 is 0 Å². The number of nitrogen functional groups attached to an aromatic ring is 1. The fourth-order valence-corrected chi connectivity index (χ4v) is 1.68. The van der Waals surface area contributed by atoms with E-state index in [0.717, 1.165) is 0 Å². The van der Waals surface area contributed by atoms with Crippen molar-refractivity contribution >= 4 is 17.3 Å². The number of pyridine rings is 1. The Labute approximate surface area is 116 Å². The Kier molecular flexibility index (Phi) is 4.05. The summed E-state index contributed by atoms with van der Waals surface area (Å²) in [6.07, 6.45) is 1.51. The number of carbonyl (C=O) groups excluding carboxylic acids is 1. The molecule has 1 heterocycles. The molecule has 3 N–H and O–H groups in total. The van der Waals surface area contributed by atoms with Crippen molar-refractivity contribution < 1.29 is 14.3 Å². The lowest BCUT2D eigenvalue weighted by Gasteiger charge is -2.10. The van der Waals surface area contributed by atoms with Gasteiger partial charge in [-0.2, -0.15) is 0 Å². The standard InChI is InChI=1S/C14H15N3O3/c1-19-12-5-3-9(15)7-11(12)14(18)17-10-4-6-13(20-2)16-8-10/h3-8H,15H2,1-2H3,(H,17,18). The smallest absolute Gasteiger partial charge is 0.259 e. The largest absolute Gasteiger partial charge is 0.496 e. The molecule has 0 bridgehead atoms. The molecule has 1 aromatic heterocycles. The molecule has 0 unspecified atom stereocenters. The maximum Gasteiger partial charge on any atom is 0.259 e. The highest BCUT2D eigenvalue weighted by Gasteiger charge is 2.13. The van der Waals surface area contributed by atoms with E-state index in [9.17, 15) is 4.79 Å². The number of rotatable bonds is 4. The summed E-state index contributed by atoms with van der Waals surface area (Å²) in [6.45, 7) is 0. The van der Waals surface area contributed by atoms with Crippen molar-refractivity contribution in [2.45, 2.75) is 0 Å². The number of nitrogens with zero attached hydrogens (tertiary/aromatic N) is 1. The zero-order valence-electron chi connectivity index (χ0n) is 11.2. The molecule has 20 heavy (non-hydrogen) atoms. The molecule has 0 radical (unpaired) electrons. The summed E-state index contributed by atoms with van der Waals surface area (Å²) in [5, 5.41) is 2.72. The monoisotopic (exact) mass is 273 g/mol. The van der Waals surface area contributed by atoms with Crippen molar-refractivity contribution in [2.75, 3.05) is 25.3 Å². The third kappa shape index (κ3) is 2.97. The van der Waals surface area contributed by atoms with Crippen LogP contribution in [0.15, 0.2) is 36.5 Å². The van der Waals surface area contributed by atoms with Gasteiger partial charge in [0.2, 0.25) is 5.88 Å². The Balaban J connectivity index is 2.20. The van der Waals surface area contributed by atoms with Crippen LogP contribution in [0.2, 0.25) is 0 Å². The van der Waals surface area contributed by atoms with Crippen molar-refractivity contribution in [3.05, 3.63) is 42.1 Å². The number of nitrogens with two attached hydrogens (primary N) is 1. The quantitative estimate of drug-likeness (QED) is 0.831. The molecule has 0 saturated heterocycles. The van der Waals surface area contributed by atoms with Crippen LogP contribution in [0.5, 0.6) is 11.6 Å². The Morgan fingerprint density at radius 3 is 2.60 bits per heavy atom. The molecule has 6 nitrogen and oxygen atoms in total. The summed E-state index contributed by atoms with van der Waals surface area (Å²) >= 11 is 0. The second-order valence-electron chi connectivity index (χ2n) is 4.00. The number of benzene rings is 1. The molecule has 1 aromatic carbocycles. The minimum absolute atomic E-state index is 0.318. The van der Waals surface area contributed by atoms with Crippen LogP contribution in [-0.2, 0) is 0 Å². The van der Waals surface area contributed by atoms with Gasteiger partial charge in [-0.25, -0.2) is 4.98 Å². The van der Waals surface area contributed by atoms with Gasteiger partial charge in [0.15, 0.2) is 0 Å². The van der Waals surface area contributed by atoms with Crippen LogP contribution in [0, 0.1) is 0 Å². The SMILES string of the molecule is COc1ccc(NC(=O)c2cc(N)ccc2OC)cn1. The fraction of sp³-hybridized carbons (Fsp3) is 0.143. The first-order valence-electron chi connectivity index (χ1n) is 5.89. The van der Waals surface area contributed by atoms with E-state index in [1.165, 1.54) is 20.4 Å². The summed E-state index contributed by atoms with van der Waals surface area (Å²) in [7, 11) is 3.02. The van der Waals surface area contributed by atoms with Crippen molar-refractivity contribution in [3.63, 3.8) is 0 Å². The van der Waals surface area contributed by atoms with E-state index in [-0.39, 0.29) is 5.91 Å². The number of amides is 1. The van der Waals surface area contributed by atoms with E-state index < -0.39 is 0 Å². The van der Waals surface area contributed by atoms with Gasteiger partial charge in [-0.15, -0.1) is 0 Å². The van der Waals surface area contributed by atoms with E-state index in [4.69, 9.17) is 15.2 Å². The van der Waals surface area contributed by atoms with Gasteiger partial charge in [-0.1, -0.05) is 0 Å². The zero-order valence-corrected chi connectivity index (χ0v) is 11.2. The Morgan fingerprint density at radius 2 is 2.00 bits per heavy atom. The molecule has 6 heteroatoms. The lowest BCUT2D eigenvalue weighted by Crippen LogP contribution is -2.13. The molecule has 0 atom stereocenters. The van der Waals surface area contributed by atoms with E-state index in [2.05, 4.69) is 10.3 Å². The first-order chi connectivity index (χ1) is 9.63. The average molecular weight is 273 g/mol. The van der Waals surface area contributed by atoms with Gasteiger partial charge in [-0.3, -0.25) is 4.79 Å². The lowest BCUT2D eigenvalue weighted by atomic mass is 10.1. The predicted molar refractivity (Wildman–Crippen MR) is 76.1 cm³/mol. The molecule has 2 aromatic rings. The van der Waals surface area contributed by atoms with Gasteiger partial charge in [0.25, 0.3) is 5.91 Å². The molecule has 1 amide bonds. The molecular weight excluding hydrogens is 258 g/mol. The molecule has 0 aliphatic rings. The van der Waals surface area contributed by atoms with E-state index in [1.54, 1.807) is 30.3 Å². The van der Waals surface area contributed by atoms with Crippen LogP contribution < -0.4 is 20.5 Å². The topological polar surface area (TPSA) is 86.5 Å². The number of nitrogens with one attached hydrogen (secondary N) is 1. The first-order valence-corrected chi connectivity index (χ1v) is 5.89. The molecule has 0 aliphatic carbocycles. The van der Waals surface area contributed by atoms with Crippen molar-refractivity contribution in [1.82, 2.24) is 4.98 Å². The number of carbonyl (C=O) groups is 1. The second kappa shape index (κ2) is 5.92. The molecule has 104 valence electrons. The van der Waals surface area contributed by atoms with Crippen LogP contribution in [0.25, 0.3) is 0 Å². The number of anilines is 2. The predicted octanol–water partition coefficient (Wildman–Crippen LogP) is 1.93. The van der Waals surface area contributed by atoms with Gasteiger partial charge in [0.05, 0.1) is 31.7 Å². The van der Waals surface area contributed by atoms with Crippen LogP contribution in [0.3, 0.4) is 0 Å². The minimum Gasteiger partial charge on any atom is -0.496 e. The maximum atomic E-state index is 12.2. The molecule has 0 spiro atoms. The number of hydrogen-bond donors (Lipinski definition) is 2. The highest BCUT2D eigenvalue weighted by molar-refractivity contribution is 6.06. The van der Waals surface area contributed by atoms with Crippen LogP contribution in [0.4, 0.5) is 11.4 Å².